The number of H-pyrrole nitrogens is 1. The molecule has 148 valence electrons. The maximum atomic E-state index is 12.6. The van der Waals surface area contributed by atoms with Gasteiger partial charge in [-0.3, -0.25) is 9.89 Å². The first kappa shape index (κ1) is 24.4. The van der Waals surface area contributed by atoms with E-state index in [0.717, 1.165) is 11.3 Å². The maximum absolute atomic E-state index is 12.6. The van der Waals surface area contributed by atoms with Gasteiger partial charge in [0.2, 0.25) is 0 Å². The van der Waals surface area contributed by atoms with Crippen molar-refractivity contribution in [2.75, 3.05) is 28.6 Å². The van der Waals surface area contributed by atoms with Crippen LogP contribution in [0.2, 0.25) is 0 Å². The fraction of sp³-hybridized carbons (Fsp3) is 0.136. The van der Waals surface area contributed by atoms with E-state index in [0.29, 0.717) is 36.7 Å². The average molecular weight is 383 g/mol. The number of nitrogens with zero attached hydrogens (tertiary/aromatic N) is 2. The van der Waals surface area contributed by atoms with E-state index in [1.165, 1.54) is 0 Å². The molecule has 0 saturated carbocycles. The summed E-state index contributed by atoms with van der Waals surface area (Å²) in [6.45, 7) is 9.66. The molecule has 2 aromatic carbocycles. The number of benzene rings is 2. The average Bonchev–Trinajstić information content (AvgIpc) is 3.18. The molecule has 6 nitrogen and oxygen atoms in total. The summed E-state index contributed by atoms with van der Waals surface area (Å²) in [5.41, 5.74) is 3.91. The zero-order valence-electron chi connectivity index (χ0n) is 17.1. The number of aromatic amines is 1. The first-order valence-electron chi connectivity index (χ1n) is 8.77. The standard InChI is InChI=1S/C21H23N5O.CH3.Li/c1-3-26(4-2)18-12-10-17(11-13-18)24-21(27)20-19(15-23-25-20)22-14-16-8-6-5-7-9-16;;/h5-13,15,22H,1-4,14H2,(H,23,25)(H,24,27);1H3;/q-2;-1;+1. The third-order valence-corrected chi connectivity index (χ3v) is 4.22. The molecule has 1 heterocycles. The second-order valence-electron chi connectivity index (χ2n) is 5.99. The Kier molecular flexibility index (Phi) is 10.1. The van der Waals surface area contributed by atoms with E-state index in [1.54, 1.807) is 6.20 Å². The van der Waals surface area contributed by atoms with Crippen LogP contribution in [0.5, 0.6) is 0 Å². The fourth-order valence-corrected chi connectivity index (χ4v) is 2.71. The first-order valence-corrected chi connectivity index (χ1v) is 8.77. The molecular weight excluding hydrogens is 357 g/mol. The Morgan fingerprint density at radius 1 is 1.03 bits per heavy atom. The predicted octanol–water partition coefficient (Wildman–Crippen LogP) is 1.20. The van der Waals surface area contributed by atoms with Crippen molar-refractivity contribution in [3.05, 3.63) is 93.3 Å². The number of rotatable bonds is 8. The van der Waals surface area contributed by atoms with E-state index < -0.39 is 0 Å². The number of aromatic nitrogens is 2. The van der Waals surface area contributed by atoms with Crippen LogP contribution >= 0.6 is 0 Å². The van der Waals surface area contributed by atoms with Crippen molar-refractivity contribution in [2.24, 2.45) is 0 Å². The van der Waals surface area contributed by atoms with Gasteiger partial charge in [0.05, 0.1) is 11.9 Å². The Balaban J connectivity index is 0.00000210. The minimum atomic E-state index is -0.248. The van der Waals surface area contributed by atoms with Crippen LogP contribution in [0.25, 0.3) is 0 Å². The van der Waals surface area contributed by atoms with Crippen molar-refractivity contribution < 1.29 is 23.7 Å². The molecule has 0 spiro atoms. The van der Waals surface area contributed by atoms with E-state index >= 15 is 0 Å². The maximum Gasteiger partial charge on any atom is 1.00 e. The summed E-state index contributed by atoms with van der Waals surface area (Å²) < 4.78 is 0. The summed E-state index contributed by atoms with van der Waals surface area (Å²) in [6.07, 6.45) is 1.61. The Morgan fingerprint density at radius 2 is 1.69 bits per heavy atom. The minimum Gasteiger partial charge on any atom is -0.432 e. The Bertz CT molecular complexity index is 860. The topological polar surface area (TPSA) is 73.0 Å². The van der Waals surface area contributed by atoms with Crippen molar-refractivity contribution in [3.63, 3.8) is 0 Å². The van der Waals surface area contributed by atoms with Crippen LogP contribution in [0.4, 0.5) is 17.1 Å². The quantitative estimate of drug-likeness (QED) is 0.404. The smallest absolute Gasteiger partial charge is 0.432 e. The number of carbonyl (C=O) groups is 1. The third-order valence-electron chi connectivity index (χ3n) is 4.22. The monoisotopic (exact) mass is 383 g/mol. The molecule has 0 fully saturated rings. The summed E-state index contributed by atoms with van der Waals surface area (Å²) in [5.74, 6) is -0.248. The molecule has 29 heavy (non-hydrogen) atoms. The van der Waals surface area contributed by atoms with Crippen LogP contribution < -0.4 is 34.4 Å². The van der Waals surface area contributed by atoms with Gasteiger partial charge in [0.15, 0.2) is 0 Å². The molecule has 7 heteroatoms. The molecule has 0 atom stereocenters. The SMILES string of the molecule is [CH2-]CN(C[CH2-])c1ccc(NC(=O)c2[nH]ncc2NCc2ccccc2)cc1.[CH3-].[Li+]. The van der Waals surface area contributed by atoms with Crippen LogP contribution in [0.15, 0.2) is 60.8 Å². The van der Waals surface area contributed by atoms with Crippen molar-refractivity contribution in [1.29, 1.82) is 0 Å². The van der Waals surface area contributed by atoms with Gasteiger partial charge in [-0.25, -0.2) is 0 Å². The van der Waals surface area contributed by atoms with E-state index in [-0.39, 0.29) is 32.2 Å². The second-order valence-corrected chi connectivity index (χ2v) is 5.99. The molecule has 0 aliphatic rings. The zero-order valence-corrected chi connectivity index (χ0v) is 17.1. The summed E-state index contributed by atoms with van der Waals surface area (Å²) in [6, 6.07) is 17.6. The molecule has 3 aromatic rings. The predicted molar refractivity (Wildman–Crippen MR) is 116 cm³/mol. The van der Waals surface area contributed by atoms with E-state index in [1.807, 2.05) is 59.5 Å². The van der Waals surface area contributed by atoms with Gasteiger partial charge in [-0.15, -0.1) is 13.1 Å². The van der Waals surface area contributed by atoms with E-state index in [4.69, 9.17) is 0 Å². The Morgan fingerprint density at radius 3 is 2.31 bits per heavy atom. The van der Waals surface area contributed by atoms with Gasteiger partial charge in [-0.2, -0.15) is 5.10 Å². The fourth-order valence-electron chi connectivity index (χ4n) is 2.71. The van der Waals surface area contributed by atoms with Crippen LogP contribution in [0, 0.1) is 21.3 Å². The number of hydrogen-bond donors (Lipinski definition) is 3. The van der Waals surface area contributed by atoms with Crippen molar-refractivity contribution in [2.45, 2.75) is 6.54 Å². The molecule has 3 N–H and O–H groups in total. The van der Waals surface area contributed by atoms with Gasteiger partial charge < -0.3 is 36.8 Å². The number of amides is 1. The summed E-state index contributed by atoms with van der Waals surface area (Å²) in [4.78, 5) is 14.6. The van der Waals surface area contributed by atoms with Gasteiger partial charge >= 0.3 is 18.9 Å². The summed E-state index contributed by atoms with van der Waals surface area (Å²) in [7, 11) is 0. The molecule has 3 rings (SSSR count). The second kappa shape index (κ2) is 12.0. The molecule has 0 radical (unpaired) electrons. The largest absolute Gasteiger partial charge is 1.00 e. The van der Waals surface area contributed by atoms with Crippen molar-refractivity contribution >= 4 is 23.0 Å². The molecule has 0 aliphatic carbocycles. The third kappa shape index (κ3) is 6.42. The molecule has 1 aromatic heterocycles. The molecule has 0 saturated heterocycles. The van der Waals surface area contributed by atoms with Crippen molar-refractivity contribution in [1.82, 2.24) is 10.2 Å². The Hall–Kier alpha value is -2.68. The van der Waals surface area contributed by atoms with Crippen LogP contribution in [0.1, 0.15) is 16.1 Å². The molecule has 0 unspecified atom stereocenters. The van der Waals surface area contributed by atoms with Gasteiger partial charge in [-0.05, 0) is 29.8 Å². The molecule has 0 bridgehead atoms. The number of hydrogen-bond acceptors (Lipinski definition) is 4. The molecule has 1 amide bonds. The first-order chi connectivity index (χ1) is 13.2. The van der Waals surface area contributed by atoms with Crippen molar-refractivity contribution in [3.8, 4) is 0 Å². The normalized spacial score (nSPS) is 9.72. The Labute approximate surface area is 185 Å². The van der Waals surface area contributed by atoms with Gasteiger partial charge in [-0.1, -0.05) is 30.3 Å². The van der Waals surface area contributed by atoms with Gasteiger partial charge in [0.25, 0.3) is 5.91 Å². The number of nitrogens with one attached hydrogen (secondary N) is 3. The zero-order chi connectivity index (χ0) is 19.1. The number of anilines is 3. The van der Waals surface area contributed by atoms with Gasteiger partial charge in [0.1, 0.15) is 5.69 Å². The summed E-state index contributed by atoms with van der Waals surface area (Å²) in [5, 5.41) is 12.9. The molecular formula is C22H26LiN5O-2. The van der Waals surface area contributed by atoms with E-state index in [9.17, 15) is 4.79 Å². The number of carbonyl (C=O) groups excluding carboxylic acids is 1. The summed E-state index contributed by atoms with van der Waals surface area (Å²) >= 11 is 0. The van der Waals surface area contributed by atoms with Crippen LogP contribution in [0.3, 0.4) is 0 Å². The van der Waals surface area contributed by atoms with E-state index in [2.05, 4.69) is 34.7 Å². The van der Waals surface area contributed by atoms with Crippen LogP contribution in [-0.2, 0) is 6.54 Å². The van der Waals surface area contributed by atoms with Gasteiger partial charge in [0, 0.05) is 17.9 Å². The van der Waals surface area contributed by atoms with Crippen LogP contribution in [-0.4, -0.2) is 29.2 Å². The minimum absolute atomic E-state index is 0. The molecule has 0 aliphatic heterocycles.